The predicted octanol–water partition coefficient (Wildman–Crippen LogP) is 0.753. The highest BCUT2D eigenvalue weighted by Gasteiger charge is 2.47. The quantitative estimate of drug-likeness (QED) is 0.813. The number of amides is 2. The van der Waals surface area contributed by atoms with Gasteiger partial charge in [0.1, 0.15) is 4.21 Å². The summed E-state index contributed by atoms with van der Waals surface area (Å²) in [5.74, 6) is -0.434. The van der Waals surface area contributed by atoms with Crippen LogP contribution < -0.4 is 0 Å². The number of ether oxygens (including phenoxy) is 1. The molecular formula is C10H9ClN2O5S2. The second-order valence-electron chi connectivity index (χ2n) is 4.35. The number of hydrogen-bond acceptors (Lipinski definition) is 6. The number of sulfonamides is 1. The Hall–Kier alpha value is -1.16. The van der Waals surface area contributed by atoms with E-state index in [-0.39, 0.29) is 23.9 Å². The summed E-state index contributed by atoms with van der Waals surface area (Å²) >= 11 is 6.69. The van der Waals surface area contributed by atoms with Gasteiger partial charge in [-0.15, -0.1) is 11.3 Å². The molecule has 0 unspecified atom stereocenters. The topological polar surface area (TPSA) is 84.0 Å². The summed E-state index contributed by atoms with van der Waals surface area (Å²) in [5.41, 5.74) is 0. The van der Waals surface area contributed by atoms with Crippen LogP contribution in [0, 0.1) is 0 Å². The van der Waals surface area contributed by atoms with Crippen LogP contribution in [0.25, 0.3) is 0 Å². The van der Waals surface area contributed by atoms with Crippen molar-refractivity contribution in [3.8, 4) is 0 Å². The van der Waals surface area contributed by atoms with Crippen LogP contribution in [0.15, 0.2) is 16.3 Å². The van der Waals surface area contributed by atoms with E-state index < -0.39 is 28.1 Å². The SMILES string of the molecule is O=C1COC(=O)N1C1CN(S(=O)(=O)c2ccc(Cl)s2)C1. The van der Waals surface area contributed by atoms with Gasteiger partial charge in [0.2, 0.25) is 0 Å². The highest BCUT2D eigenvalue weighted by atomic mass is 35.5. The van der Waals surface area contributed by atoms with Crippen molar-refractivity contribution in [3.05, 3.63) is 16.5 Å². The number of thiophene rings is 1. The Morgan fingerprint density at radius 2 is 2.00 bits per heavy atom. The molecule has 0 aromatic carbocycles. The van der Waals surface area contributed by atoms with Gasteiger partial charge in [-0.1, -0.05) is 11.6 Å². The van der Waals surface area contributed by atoms with Crippen molar-refractivity contribution >= 4 is 45.0 Å². The van der Waals surface area contributed by atoms with Crippen LogP contribution in [0.3, 0.4) is 0 Å². The monoisotopic (exact) mass is 336 g/mol. The molecule has 20 heavy (non-hydrogen) atoms. The van der Waals surface area contributed by atoms with Crippen molar-refractivity contribution in [3.63, 3.8) is 0 Å². The third-order valence-electron chi connectivity index (χ3n) is 3.12. The fourth-order valence-corrected chi connectivity index (χ4v) is 5.21. The van der Waals surface area contributed by atoms with E-state index in [1.54, 1.807) is 0 Å². The lowest BCUT2D eigenvalue weighted by atomic mass is 10.1. The maximum absolute atomic E-state index is 12.2. The Morgan fingerprint density at radius 3 is 2.50 bits per heavy atom. The van der Waals surface area contributed by atoms with Crippen LogP contribution in [0.4, 0.5) is 4.79 Å². The molecule has 2 fully saturated rings. The largest absolute Gasteiger partial charge is 0.439 e. The Kier molecular flexibility index (Phi) is 3.24. The van der Waals surface area contributed by atoms with Gasteiger partial charge in [-0.25, -0.2) is 18.1 Å². The molecule has 0 N–H and O–H groups in total. The predicted molar refractivity (Wildman–Crippen MR) is 70.1 cm³/mol. The zero-order valence-electron chi connectivity index (χ0n) is 9.98. The van der Waals surface area contributed by atoms with Gasteiger partial charge >= 0.3 is 6.09 Å². The standard InChI is InChI=1S/C10H9ClN2O5S2/c11-7-1-2-9(19-7)20(16,17)12-3-6(4-12)13-8(14)5-18-10(13)15/h1-2,6H,3-5H2. The van der Waals surface area contributed by atoms with Gasteiger partial charge in [0.25, 0.3) is 15.9 Å². The van der Waals surface area contributed by atoms with Crippen LogP contribution in [0.1, 0.15) is 0 Å². The van der Waals surface area contributed by atoms with Gasteiger partial charge < -0.3 is 4.74 Å². The summed E-state index contributed by atoms with van der Waals surface area (Å²) in [6.07, 6.45) is -0.712. The van der Waals surface area contributed by atoms with E-state index in [9.17, 15) is 18.0 Å². The lowest BCUT2D eigenvalue weighted by molar-refractivity contribution is -0.128. The molecule has 1 aromatic rings. The number of carbonyl (C=O) groups is 2. The van der Waals surface area contributed by atoms with Gasteiger partial charge in [0.05, 0.1) is 10.4 Å². The Morgan fingerprint density at radius 1 is 1.30 bits per heavy atom. The van der Waals surface area contributed by atoms with Gasteiger partial charge in [-0.05, 0) is 12.1 Å². The molecule has 3 rings (SSSR count). The minimum absolute atomic E-state index is 0.0820. The zero-order chi connectivity index (χ0) is 14.5. The molecule has 7 nitrogen and oxygen atoms in total. The van der Waals surface area contributed by atoms with E-state index in [2.05, 4.69) is 4.74 Å². The normalized spacial score (nSPS) is 21.1. The first kappa shape index (κ1) is 13.8. The van der Waals surface area contributed by atoms with Crippen LogP contribution >= 0.6 is 22.9 Å². The molecule has 0 bridgehead atoms. The average molecular weight is 337 g/mol. The average Bonchev–Trinajstić information content (AvgIpc) is 2.88. The molecule has 0 aliphatic carbocycles. The number of hydrogen-bond donors (Lipinski definition) is 0. The lowest BCUT2D eigenvalue weighted by Crippen LogP contribution is -2.61. The molecule has 3 heterocycles. The summed E-state index contributed by atoms with van der Waals surface area (Å²) in [6.45, 7) is -0.111. The van der Waals surface area contributed by atoms with Crippen molar-refractivity contribution in [1.29, 1.82) is 0 Å². The first-order valence-electron chi connectivity index (χ1n) is 5.64. The first-order valence-corrected chi connectivity index (χ1v) is 8.27. The number of carbonyl (C=O) groups excluding carboxylic acids is 2. The molecule has 2 aliphatic heterocycles. The van der Waals surface area contributed by atoms with Crippen molar-refractivity contribution in [2.45, 2.75) is 10.3 Å². The maximum Gasteiger partial charge on any atom is 0.417 e. The summed E-state index contributed by atoms with van der Waals surface area (Å²) in [5, 5.41) is 0. The Labute approximate surface area is 123 Å². The molecule has 0 radical (unpaired) electrons. The molecule has 0 spiro atoms. The van der Waals surface area contributed by atoms with Crippen molar-refractivity contribution in [2.24, 2.45) is 0 Å². The van der Waals surface area contributed by atoms with E-state index in [0.29, 0.717) is 4.34 Å². The van der Waals surface area contributed by atoms with Gasteiger partial charge in [0.15, 0.2) is 6.61 Å². The molecule has 2 aliphatic rings. The van der Waals surface area contributed by atoms with Crippen LogP contribution in [0.5, 0.6) is 0 Å². The molecule has 2 saturated heterocycles. The van der Waals surface area contributed by atoms with Crippen LogP contribution in [-0.4, -0.2) is 55.4 Å². The third-order valence-corrected chi connectivity index (χ3v) is 6.65. The van der Waals surface area contributed by atoms with Crippen LogP contribution in [0.2, 0.25) is 4.34 Å². The van der Waals surface area contributed by atoms with Crippen molar-refractivity contribution in [2.75, 3.05) is 19.7 Å². The van der Waals surface area contributed by atoms with Gasteiger partial charge in [-0.2, -0.15) is 4.31 Å². The highest BCUT2D eigenvalue weighted by Crippen LogP contribution is 2.31. The Balaban J connectivity index is 1.71. The number of rotatable bonds is 3. The molecule has 2 amide bonds. The summed E-state index contributed by atoms with van der Waals surface area (Å²) in [7, 11) is -3.60. The third kappa shape index (κ3) is 2.10. The van der Waals surface area contributed by atoms with E-state index in [1.807, 2.05) is 0 Å². The lowest BCUT2D eigenvalue weighted by Gasteiger charge is -2.40. The second-order valence-corrected chi connectivity index (χ2v) is 8.23. The van der Waals surface area contributed by atoms with E-state index in [0.717, 1.165) is 16.2 Å². The highest BCUT2D eigenvalue weighted by molar-refractivity contribution is 7.91. The van der Waals surface area contributed by atoms with Crippen LogP contribution in [-0.2, 0) is 19.6 Å². The fraction of sp³-hybridized carbons (Fsp3) is 0.400. The van der Waals surface area contributed by atoms with E-state index in [1.165, 1.54) is 16.4 Å². The molecule has 1 aromatic heterocycles. The fourth-order valence-electron chi connectivity index (χ4n) is 2.06. The van der Waals surface area contributed by atoms with Crippen molar-refractivity contribution < 1.29 is 22.7 Å². The minimum Gasteiger partial charge on any atom is -0.439 e. The molecule has 0 saturated carbocycles. The number of imide groups is 1. The zero-order valence-corrected chi connectivity index (χ0v) is 12.4. The van der Waals surface area contributed by atoms with E-state index >= 15 is 0 Å². The second kappa shape index (κ2) is 4.69. The van der Waals surface area contributed by atoms with Gasteiger partial charge in [0, 0.05) is 13.1 Å². The minimum atomic E-state index is -3.60. The molecule has 0 atom stereocenters. The smallest absolute Gasteiger partial charge is 0.417 e. The summed E-state index contributed by atoms with van der Waals surface area (Å²) in [6, 6.07) is 2.49. The van der Waals surface area contributed by atoms with Crippen molar-refractivity contribution in [1.82, 2.24) is 9.21 Å². The van der Waals surface area contributed by atoms with E-state index in [4.69, 9.17) is 11.6 Å². The summed E-state index contributed by atoms with van der Waals surface area (Å²) < 4.78 is 30.8. The first-order chi connectivity index (χ1) is 9.39. The number of nitrogens with zero attached hydrogens (tertiary/aromatic N) is 2. The summed E-state index contributed by atoms with van der Waals surface area (Å²) in [4.78, 5) is 23.8. The number of cyclic esters (lactones) is 1. The Bertz CT molecular complexity index is 664. The molecule has 108 valence electrons. The van der Waals surface area contributed by atoms with Gasteiger partial charge in [-0.3, -0.25) is 4.79 Å². The number of halogens is 1. The molecular weight excluding hydrogens is 328 g/mol. The molecule has 10 heteroatoms. The maximum atomic E-state index is 12.2.